The molecule has 1 atom stereocenters. The fourth-order valence-corrected chi connectivity index (χ4v) is 2.55. The number of carboxylic acid groups (broad SMARTS) is 1. The summed E-state index contributed by atoms with van der Waals surface area (Å²) in [5, 5.41) is 20.3. The molecule has 3 aromatic rings. The van der Waals surface area contributed by atoms with Crippen molar-refractivity contribution in [3.63, 3.8) is 0 Å². The van der Waals surface area contributed by atoms with Crippen LogP contribution in [0.4, 0.5) is 0 Å². The first kappa shape index (κ1) is 15.8. The Kier molecular flexibility index (Phi) is 4.35. The highest BCUT2D eigenvalue weighted by Crippen LogP contribution is 2.33. The van der Waals surface area contributed by atoms with E-state index >= 15 is 0 Å². The van der Waals surface area contributed by atoms with Crippen molar-refractivity contribution in [2.24, 2.45) is 5.73 Å². The smallest absolute Gasteiger partial charge is 0.320 e. The SMILES string of the molecule is N[C@@H](Cc1ccccc1Oc1cccc2cc(O)ccc12)C(=O)O. The Labute approximate surface area is 138 Å². The summed E-state index contributed by atoms with van der Waals surface area (Å²) in [6.07, 6.45) is 0.178. The molecular weight excluding hydrogens is 306 g/mol. The molecule has 24 heavy (non-hydrogen) atoms. The molecule has 3 aromatic carbocycles. The van der Waals surface area contributed by atoms with Crippen molar-refractivity contribution in [2.75, 3.05) is 0 Å². The molecule has 0 aliphatic rings. The lowest BCUT2D eigenvalue weighted by Gasteiger charge is -2.14. The molecule has 0 aliphatic heterocycles. The van der Waals surface area contributed by atoms with Crippen LogP contribution in [-0.2, 0) is 11.2 Å². The average molecular weight is 323 g/mol. The lowest BCUT2D eigenvalue weighted by Crippen LogP contribution is -2.32. The molecule has 0 radical (unpaired) electrons. The molecule has 122 valence electrons. The highest BCUT2D eigenvalue weighted by Gasteiger charge is 2.15. The van der Waals surface area contributed by atoms with E-state index in [1.165, 1.54) is 0 Å². The zero-order valence-electron chi connectivity index (χ0n) is 12.8. The van der Waals surface area contributed by atoms with E-state index in [9.17, 15) is 9.90 Å². The predicted molar refractivity (Wildman–Crippen MR) is 91.4 cm³/mol. The van der Waals surface area contributed by atoms with E-state index in [0.29, 0.717) is 11.5 Å². The molecule has 3 rings (SSSR count). The number of carbonyl (C=O) groups is 1. The lowest BCUT2D eigenvalue weighted by atomic mass is 10.1. The fraction of sp³-hybridized carbons (Fsp3) is 0.105. The van der Waals surface area contributed by atoms with Gasteiger partial charge in [0.25, 0.3) is 0 Å². The van der Waals surface area contributed by atoms with Crippen molar-refractivity contribution in [1.29, 1.82) is 0 Å². The Morgan fingerprint density at radius 2 is 1.79 bits per heavy atom. The first-order chi connectivity index (χ1) is 11.5. The second kappa shape index (κ2) is 6.60. The van der Waals surface area contributed by atoms with E-state index in [-0.39, 0.29) is 12.2 Å². The van der Waals surface area contributed by atoms with Crippen molar-refractivity contribution in [3.8, 4) is 17.2 Å². The molecule has 5 nitrogen and oxygen atoms in total. The summed E-state index contributed by atoms with van der Waals surface area (Å²) < 4.78 is 6.01. The van der Waals surface area contributed by atoms with Gasteiger partial charge in [-0.25, -0.2) is 0 Å². The third kappa shape index (κ3) is 3.31. The second-order valence-electron chi connectivity index (χ2n) is 5.52. The summed E-state index contributed by atoms with van der Waals surface area (Å²) in [7, 11) is 0. The van der Waals surface area contributed by atoms with Gasteiger partial charge in [0.05, 0.1) is 0 Å². The summed E-state index contributed by atoms with van der Waals surface area (Å²) in [6.45, 7) is 0. The largest absolute Gasteiger partial charge is 0.508 e. The lowest BCUT2D eigenvalue weighted by molar-refractivity contribution is -0.138. The molecule has 0 unspecified atom stereocenters. The van der Waals surface area contributed by atoms with E-state index < -0.39 is 12.0 Å². The number of ether oxygens (including phenoxy) is 1. The minimum Gasteiger partial charge on any atom is -0.508 e. The van der Waals surface area contributed by atoms with E-state index in [2.05, 4.69) is 0 Å². The molecule has 0 amide bonds. The molecular formula is C19H17NO4. The number of benzene rings is 3. The van der Waals surface area contributed by atoms with Crippen LogP contribution in [0.5, 0.6) is 17.2 Å². The molecule has 0 bridgehead atoms. The standard InChI is InChI=1S/C19H17NO4/c20-16(19(22)23)11-13-4-1-2-6-17(13)24-18-7-3-5-12-10-14(21)8-9-15(12)18/h1-10,16,21H,11,20H2,(H,22,23)/t16-/m0/s1. The van der Waals surface area contributed by atoms with Crippen LogP contribution >= 0.6 is 0 Å². The van der Waals surface area contributed by atoms with Gasteiger partial charge in [-0.1, -0.05) is 30.3 Å². The maximum atomic E-state index is 11.0. The van der Waals surface area contributed by atoms with Crippen LogP contribution in [0.15, 0.2) is 60.7 Å². The summed E-state index contributed by atoms with van der Waals surface area (Å²) in [6, 6.07) is 16.8. The van der Waals surface area contributed by atoms with E-state index in [1.807, 2.05) is 30.3 Å². The predicted octanol–water partition coefficient (Wildman–Crippen LogP) is 3.29. The van der Waals surface area contributed by atoms with Gasteiger partial charge in [-0.2, -0.15) is 0 Å². The third-order valence-corrected chi connectivity index (χ3v) is 3.77. The molecule has 0 heterocycles. The number of phenolic OH excluding ortho intramolecular Hbond substituents is 1. The summed E-state index contributed by atoms with van der Waals surface area (Å²) in [5.74, 6) is 0.330. The Morgan fingerprint density at radius 1 is 1.04 bits per heavy atom. The van der Waals surface area contributed by atoms with Crippen LogP contribution in [0, 0.1) is 0 Å². The first-order valence-corrected chi connectivity index (χ1v) is 7.50. The number of phenols is 1. The van der Waals surface area contributed by atoms with Gasteiger partial charge in [-0.3, -0.25) is 4.79 Å². The zero-order valence-corrected chi connectivity index (χ0v) is 12.8. The molecule has 0 fully saturated rings. The Morgan fingerprint density at radius 3 is 2.58 bits per heavy atom. The molecule has 0 spiro atoms. The maximum absolute atomic E-state index is 11.0. The van der Waals surface area contributed by atoms with Crippen LogP contribution in [0.25, 0.3) is 10.8 Å². The molecule has 0 saturated heterocycles. The van der Waals surface area contributed by atoms with Gasteiger partial charge >= 0.3 is 5.97 Å². The topological polar surface area (TPSA) is 92.8 Å². The van der Waals surface area contributed by atoms with Gasteiger partial charge in [0.15, 0.2) is 0 Å². The maximum Gasteiger partial charge on any atom is 0.320 e. The monoisotopic (exact) mass is 323 g/mol. The fourth-order valence-electron chi connectivity index (χ4n) is 2.55. The van der Waals surface area contributed by atoms with Gasteiger partial charge in [0.1, 0.15) is 23.3 Å². The highest BCUT2D eigenvalue weighted by atomic mass is 16.5. The van der Waals surface area contributed by atoms with Crippen molar-refractivity contribution < 1.29 is 19.7 Å². The molecule has 0 aliphatic carbocycles. The van der Waals surface area contributed by atoms with Gasteiger partial charge in [-0.05, 0) is 41.3 Å². The molecule has 0 aromatic heterocycles. The number of fused-ring (bicyclic) bond motifs is 1. The Hall–Kier alpha value is -3.05. The molecule has 0 saturated carbocycles. The number of nitrogens with two attached hydrogens (primary N) is 1. The van der Waals surface area contributed by atoms with Crippen LogP contribution in [0.2, 0.25) is 0 Å². The van der Waals surface area contributed by atoms with Gasteiger partial charge in [-0.15, -0.1) is 0 Å². The summed E-state index contributed by atoms with van der Waals surface area (Å²) in [5.41, 5.74) is 6.36. The number of rotatable bonds is 5. The highest BCUT2D eigenvalue weighted by molar-refractivity contribution is 5.89. The number of hydrogen-bond donors (Lipinski definition) is 3. The number of aliphatic carboxylic acids is 1. The second-order valence-corrected chi connectivity index (χ2v) is 5.52. The first-order valence-electron chi connectivity index (χ1n) is 7.50. The van der Waals surface area contributed by atoms with Gasteiger partial charge in [0.2, 0.25) is 0 Å². The van der Waals surface area contributed by atoms with Crippen LogP contribution in [-0.4, -0.2) is 22.2 Å². The Bertz CT molecular complexity index is 891. The van der Waals surface area contributed by atoms with Crippen LogP contribution in [0.3, 0.4) is 0 Å². The zero-order chi connectivity index (χ0) is 17.1. The van der Waals surface area contributed by atoms with Crippen molar-refractivity contribution in [3.05, 3.63) is 66.2 Å². The average Bonchev–Trinajstić information content (AvgIpc) is 2.56. The van der Waals surface area contributed by atoms with E-state index in [4.69, 9.17) is 15.6 Å². The number of carboxylic acids is 1. The molecule has 5 heteroatoms. The quantitative estimate of drug-likeness (QED) is 0.670. The van der Waals surface area contributed by atoms with Gasteiger partial charge in [0, 0.05) is 11.8 Å². The third-order valence-electron chi connectivity index (χ3n) is 3.77. The van der Waals surface area contributed by atoms with E-state index in [1.54, 1.807) is 30.3 Å². The number of hydrogen-bond acceptors (Lipinski definition) is 4. The van der Waals surface area contributed by atoms with Crippen LogP contribution in [0.1, 0.15) is 5.56 Å². The van der Waals surface area contributed by atoms with Crippen molar-refractivity contribution in [1.82, 2.24) is 0 Å². The number of aromatic hydroxyl groups is 1. The van der Waals surface area contributed by atoms with Crippen molar-refractivity contribution >= 4 is 16.7 Å². The van der Waals surface area contributed by atoms with Crippen molar-refractivity contribution in [2.45, 2.75) is 12.5 Å². The van der Waals surface area contributed by atoms with E-state index in [0.717, 1.165) is 16.3 Å². The minimum atomic E-state index is -1.05. The Balaban J connectivity index is 1.96. The van der Waals surface area contributed by atoms with Crippen LogP contribution < -0.4 is 10.5 Å². The summed E-state index contributed by atoms with van der Waals surface area (Å²) in [4.78, 5) is 11.0. The number of para-hydroxylation sites is 1. The molecule has 4 N–H and O–H groups in total. The minimum absolute atomic E-state index is 0.178. The van der Waals surface area contributed by atoms with Gasteiger partial charge < -0.3 is 20.7 Å². The summed E-state index contributed by atoms with van der Waals surface area (Å²) >= 11 is 0. The normalized spacial score (nSPS) is 12.0.